The maximum Gasteiger partial charge on any atom is 0.140 e. The largest absolute Gasteiger partial charge is 0.299 e. The summed E-state index contributed by atoms with van der Waals surface area (Å²) in [6.07, 6.45) is 5.36. The SMILES string of the molecule is CCCC(=O)CC(=O)CCC(CC)CC. The number of hydrogen-bond donors (Lipinski definition) is 0. The van der Waals surface area contributed by atoms with Gasteiger partial charge in [0.15, 0.2) is 0 Å². The van der Waals surface area contributed by atoms with Crippen LogP contribution in [0.3, 0.4) is 0 Å². The van der Waals surface area contributed by atoms with Gasteiger partial charge in [-0.05, 0) is 18.8 Å². The highest BCUT2D eigenvalue weighted by molar-refractivity contribution is 5.98. The molecule has 0 rings (SSSR count). The molecule has 0 N–H and O–H groups in total. The Morgan fingerprint density at radius 1 is 0.933 bits per heavy atom. The van der Waals surface area contributed by atoms with E-state index in [2.05, 4.69) is 13.8 Å². The van der Waals surface area contributed by atoms with Crippen molar-refractivity contribution in [1.29, 1.82) is 0 Å². The second-order valence-electron chi connectivity index (χ2n) is 4.23. The summed E-state index contributed by atoms with van der Waals surface area (Å²) in [5.74, 6) is 0.877. The lowest BCUT2D eigenvalue weighted by Crippen LogP contribution is -2.09. The second kappa shape index (κ2) is 8.63. The highest BCUT2D eigenvalue weighted by Crippen LogP contribution is 2.15. The van der Waals surface area contributed by atoms with Gasteiger partial charge in [-0.2, -0.15) is 0 Å². The van der Waals surface area contributed by atoms with Gasteiger partial charge in [-0.3, -0.25) is 9.59 Å². The lowest BCUT2D eigenvalue weighted by Gasteiger charge is -2.10. The Hall–Kier alpha value is -0.660. The van der Waals surface area contributed by atoms with E-state index in [0.29, 0.717) is 18.8 Å². The van der Waals surface area contributed by atoms with E-state index in [1.807, 2.05) is 6.92 Å². The summed E-state index contributed by atoms with van der Waals surface area (Å²) in [6.45, 7) is 6.27. The van der Waals surface area contributed by atoms with Crippen LogP contribution in [-0.4, -0.2) is 11.6 Å². The maximum atomic E-state index is 11.4. The van der Waals surface area contributed by atoms with E-state index in [1.165, 1.54) is 0 Å². The molecule has 0 atom stereocenters. The van der Waals surface area contributed by atoms with Gasteiger partial charge in [0, 0.05) is 12.8 Å². The molecule has 0 aromatic heterocycles. The number of Topliss-reactive ketones (excluding diaryl/α,β-unsaturated/α-hetero) is 2. The summed E-state index contributed by atoms with van der Waals surface area (Å²) in [5.41, 5.74) is 0. The highest BCUT2D eigenvalue weighted by Gasteiger charge is 2.11. The molecule has 0 aromatic carbocycles. The van der Waals surface area contributed by atoms with Crippen LogP contribution in [0.15, 0.2) is 0 Å². The monoisotopic (exact) mass is 212 g/mol. The van der Waals surface area contributed by atoms with Crippen LogP contribution in [0.2, 0.25) is 0 Å². The fourth-order valence-corrected chi connectivity index (χ4v) is 1.74. The molecule has 0 fully saturated rings. The standard InChI is InChI=1S/C13H24O2/c1-4-7-12(14)10-13(15)9-8-11(5-2)6-3/h11H,4-10H2,1-3H3. The van der Waals surface area contributed by atoms with Gasteiger partial charge in [0.25, 0.3) is 0 Å². The van der Waals surface area contributed by atoms with E-state index in [-0.39, 0.29) is 18.0 Å². The maximum absolute atomic E-state index is 11.4. The van der Waals surface area contributed by atoms with Crippen LogP contribution in [-0.2, 0) is 9.59 Å². The Kier molecular flexibility index (Phi) is 8.25. The Morgan fingerprint density at radius 3 is 1.93 bits per heavy atom. The number of carbonyl (C=O) groups excluding carboxylic acids is 2. The van der Waals surface area contributed by atoms with Crippen LogP contribution in [0.4, 0.5) is 0 Å². The van der Waals surface area contributed by atoms with E-state index in [1.54, 1.807) is 0 Å². The van der Waals surface area contributed by atoms with E-state index in [4.69, 9.17) is 0 Å². The van der Waals surface area contributed by atoms with Gasteiger partial charge < -0.3 is 0 Å². The number of rotatable bonds is 9. The van der Waals surface area contributed by atoms with Gasteiger partial charge in [-0.25, -0.2) is 0 Å². The number of carbonyl (C=O) groups is 2. The van der Waals surface area contributed by atoms with Crippen LogP contribution in [0, 0.1) is 5.92 Å². The molecule has 0 aromatic rings. The van der Waals surface area contributed by atoms with Crippen molar-refractivity contribution in [3.63, 3.8) is 0 Å². The van der Waals surface area contributed by atoms with Gasteiger partial charge in [0.05, 0.1) is 6.42 Å². The van der Waals surface area contributed by atoms with Crippen molar-refractivity contribution >= 4 is 11.6 Å². The Morgan fingerprint density at radius 2 is 1.47 bits per heavy atom. The molecule has 0 saturated carbocycles. The summed E-state index contributed by atoms with van der Waals surface area (Å²) >= 11 is 0. The molecular weight excluding hydrogens is 188 g/mol. The highest BCUT2D eigenvalue weighted by atomic mass is 16.1. The first kappa shape index (κ1) is 14.3. The molecule has 0 heterocycles. The van der Waals surface area contributed by atoms with Crippen molar-refractivity contribution < 1.29 is 9.59 Å². The Labute approximate surface area is 93.4 Å². The second-order valence-corrected chi connectivity index (χ2v) is 4.23. The molecule has 0 radical (unpaired) electrons. The van der Waals surface area contributed by atoms with Crippen molar-refractivity contribution in [3.05, 3.63) is 0 Å². The van der Waals surface area contributed by atoms with Crippen LogP contribution < -0.4 is 0 Å². The molecule has 0 spiro atoms. The van der Waals surface area contributed by atoms with Crippen molar-refractivity contribution in [1.82, 2.24) is 0 Å². The average molecular weight is 212 g/mol. The summed E-state index contributed by atoms with van der Waals surface area (Å²) in [6, 6.07) is 0. The molecule has 2 nitrogen and oxygen atoms in total. The van der Waals surface area contributed by atoms with Crippen LogP contribution >= 0.6 is 0 Å². The zero-order valence-corrected chi connectivity index (χ0v) is 10.3. The topological polar surface area (TPSA) is 34.1 Å². The first-order valence-electron chi connectivity index (χ1n) is 6.17. The van der Waals surface area contributed by atoms with Crippen LogP contribution in [0.25, 0.3) is 0 Å². The van der Waals surface area contributed by atoms with Crippen molar-refractivity contribution in [3.8, 4) is 0 Å². The molecule has 0 aliphatic rings. The molecule has 0 aliphatic carbocycles. The lowest BCUT2D eigenvalue weighted by atomic mass is 9.95. The predicted molar refractivity (Wildman–Crippen MR) is 62.8 cm³/mol. The first-order valence-corrected chi connectivity index (χ1v) is 6.17. The third-order valence-electron chi connectivity index (χ3n) is 2.91. The summed E-state index contributed by atoms with van der Waals surface area (Å²) in [7, 11) is 0. The van der Waals surface area contributed by atoms with Gasteiger partial charge >= 0.3 is 0 Å². The minimum absolute atomic E-state index is 0.104. The average Bonchev–Trinajstić information content (AvgIpc) is 2.19. The molecule has 0 bridgehead atoms. The summed E-state index contributed by atoms with van der Waals surface area (Å²) in [4.78, 5) is 22.7. The summed E-state index contributed by atoms with van der Waals surface area (Å²) < 4.78 is 0. The minimum Gasteiger partial charge on any atom is -0.299 e. The predicted octanol–water partition coefficient (Wildman–Crippen LogP) is 3.53. The molecule has 0 amide bonds. The molecule has 2 heteroatoms. The van der Waals surface area contributed by atoms with E-state index >= 15 is 0 Å². The Bertz CT molecular complexity index is 193. The molecule has 88 valence electrons. The van der Waals surface area contributed by atoms with E-state index in [0.717, 1.165) is 25.7 Å². The zero-order chi connectivity index (χ0) is 11.7. The molecule has 0 saturated heterocycles. The summed E-state index contributed by atoms with van der Waals surface area (Å²) in [5, 5.41) is 0. The van der Waals surface area contributed by atoms with Crippen molar-refractivity contribution in [2.75, 3.05) is 0 Å². The van der Waals surface area contributed by atoms with Gasteiger partial charge in [0.2, 0.25) is 0 Å². The van der Waals surface area contributed by atoms with Gasteiger partial charge in [-0.15, -0.1) is 0 Å². The normalized spacial score (nSPS) is 10.7. The third-order valence-corrected chi connectivity index (χ3v) is 2.91. The van der Waals surface area contributed by atoms with E-state index in [9.17, 15) is 9.59 Å². The van der Waals surface area contributed by atoms with Crippen molar-refractivity contribution in [2.24, 2.45) is 5.92 Å². The molecule has 15 heavy (non-hydrogen) atoms. The lowest BCUT2D eigenvalue weighted by molar-refractivity contribution is -0.127. The Balaban J connectivity index is 3.69. The number of ketones is 2. The smallest absolute Gasteiger partial charge is 0.140 e. The van der Waals surface area contributed by atoms with E-state index < -0.39 is 0 Å². The zero-order valence-electron chi connectivity index (χ0n) is 10.3. The molecule has 0 aliphatic heterocycles. The van der Waals surface area contributed by atoms with Crippen molar-refractivity contribution in [2.45, 2.75) is 65.7 Å². The molecule has 0 unspecified atom stereocenters. The minimum atomic E-state index is 0.104. The van der Waals surface area contributed by atoms with Crippen LogP contribution in [0.5, 0.6) is 0 Å². The fourth-order valence-electron chi connectivity index (χ4n) is 1.74. The third kappa shape index (κ3) is 7.29. The van der Waals surface area contributed by atoms with Gasteiger partial charge in [0.1, 0.15) is 11.6 Å². The first-order chi connectivity index (χ1) is 7.13. The van der Waals surface area contributed by atoms with Crippen LogP contribution in [0.1, 0.15) is 65.7 Å². The quantitative estimate of drug-likeness (QED) is 0.548. The van der Waals surface area contributed by atoms with Gasteiger partial charge in [-0.1, -0.05) is 33.6 Å². The number of hydrogen-bond acceptors (Lipinski definition) is 2. The molecular formula is C13H24O2. The fraction of sp³-hybridized carbons (Fsp3) is 0.846.